The van der Waals surface area contributed by atoms with E-state index in [1.807, 2.05) is 0 Å². The van der Waals surface area contributed by atoms with Crippen LogP contribution in [0.2, 0.25) is 0 Å². The van der Waals surface area contributed by atoms with E-state index >= 15 is 0 Å². The molecule has 0 rings (SSSR count). The van der Waals surface area contributed by atoms with Gasteiger partial charge in [0.05, 0.1) is 19.8 Å². The Kier molecular flexibility index (Phi) is 57.2. The minimum absolute atomic E-state index is 0.153. The molecule has 0 fully saturated rings. The minimum atomic E-state index is -4.76. The average Bonchev–Trinajstić information content (AvgIpc) is 3.43. The SMILES string of the molecule is CC/C=C\C/C=C\C/C=C\CCCCCCCCCC(=O)OC(COC(=O)CCCCCCCCCCC/C=C\CCCCCCCC)COP(=O)(O)OCC(CO)OC(=O)CCCCCCC/C=C\C/C=C\C/C=C\CC. The molecule has 0 aliphatic heterocycles. The van der Waals surface area contributed by atoms with Crippen LogP contribution in [-0.4, -0.2) is 66.5 Å². The number of carbonyl (C=O) groups is 3. The molecule has 0 saturated heterocycles. The number of allylic oxidation sites excluding steroid dienone is 14. The Bertz CT molecular complexity index is 1630. The fourth-order valence-electron chi connectivity index (χ4n) is 8.56. The van der Waals surface area contributed by atoms with Gasteiger partial charge >= 0.3 is 25.7 Å². The Morgan fingerprint density at radius 2 is 0.667 bits per heavy atom. The molecule has 0 aromatic rings. The standard InChI is InChI=1S/C66H115O11P/c1-4-7-10-13-16-19-22-25-28-30-31-33-35-37-40-43-46-49-52-55-64(68)73-59-63(77-66(70)57-54-51-48-45-42-39-36-32-29-26-23-20-17-14-11-8-5-2)61-75-78(71,72)74-60-62(58-67)76-65(69)56-53-50-47-44-41-38-34-27-24-21-18-15-12-9-6-3/h8-9,11-12,17-18,20-21,25-29,34,62-63,67H,4-7,10,13-16,19,22-24,30-33,35-61H2,1-3H3,(H,71,72)/b11-8-,12-9-,20-17-,21-18-,28-25-,29-26-,34-27-. The van der Waals surface area contributed by atoms with Crippen molar-refractivity contribution in [2.75, 3.05) is 26.4 Å². The lowest BCUT2D eigenvalue weighted by atomic mass is 10.1. The molecule has 0 spiro atoms. The van der Waals surface area contributed by atoms with E-state index in [9.17, 15) is 28.9 Å². The molecular weight excluding hydrogens is 1000 g/mol. The number of phosphoric ester groups is 1. The van der Waals surface area contributed by atoms with E-state index < -0.39 is 57.8 Å². The molecule has 450 valence electrons. The first-order valence-corrected chi connectivity index (χ1v) is 33.0. The van der Waals surface area contributed by atoms with Crippen LogP contribution in [0.3, 0.4) is 0 Å². The molecule has 78 heavy (non-hydrogen) atoms. The number of ether oxygens (including phenoxy) is 3. The summed E-state index contributed by atoms with van der Waals surface area (Å²) in [4.78, 5) is 48.7. The first-order valence-electron chi connectivity index (χ1n) is 31.5. The molecule has 0 radical (unpaired) electrons. The Labute approximate surface area is 477 Å². The molecule has 0 aromatic carbocycles. The number of carbonyl (C=O) groups excluding carboxylic acids is 3. The molecule has 0 aromatic heterocycles. The van der Waals surface area contributed by atoms with Crippen molar-refractivity contribution in [1.82, 2.24) is 0 Å². The van der Waals surface area contributed by atoms with E-state index in [1.165, 1.54) is 89.9 Å². The zero-order valence-electron chi connectivity index (χ0n) is 49.9. The second-order valence-corrected chi connectivity index (χ2v) is 22.3. The van der Waals surface area contributed by atoms with Crippen molar-refractivity contribution < 1.29 is 52.2 Å². The average molecular weight is 1120 g/mol. The molecule has 0 saturated carbocycles. The first kappa shape index (κ1) is 74.7. The number of esters is 3. The summed E-state index contributed by atoms with van der Waals surface area (Å²) in [6, 6.07) is 0. The monoisotopic (exact) mass is 1110 g/mol. The fraction of sp³-hybridized carbons (Fsp3) is 0.742. The number of hydrogen-bond donors (Lipinski definition) is 2. The maximum atomic E-state index is 12.9. The largest absolute Gasteiger partial charge is 0.472 e. The van der Waals surface area contributed by atoms with Crippen LogP contribution in [0.1, 0.15) is 278 Å². The number of phosphoric acid groups is 1. The summed E-state index contributed by atoms with van der Waals surface area (Å²) in [6.07, 6.45) is 69.6. The quantitative estimate of drug-likeness (QED) is 0.0197. The van der Waals surface area contributed by atoms with Crippen molar-refractivity contribution >= 4 is 25.7 Å². The summed E-state index contributed by atoms with van der Waals surface area (Å²) in [5, 5.41) is 9.84. The maximum absolute atomic E-state index is 12.9. The van der Waals surface area contributed by atoms with Crippen molar-refractivity contribution in [2.24, 2.45) is 0 Å². The van der Waals surface area contributed by atoms with Crippen molar-refractivity contribution in [3.63, 3.8) is 0 Å². The molecule has 12 heteroatoms. The highest BCUT2D eigenvalue weighted by molar-refractivity contribution is 7.47. The van der Waals surface area contributed by atoms with Crippen molar-refractivity contribution in [3.05, 3.63) is 85.1 Å². The third-order valence-electron chi connectivity index (χ3n) is 13.3. The third-order valence-corrected chi connectivity index (χ3v) is 14.2. The molecule has 0 aliphatic rings. The van der Waals surface area contributed by atoms with E-state index in [1.54, 1.807) is 0 Å². The van der Waals surface area contributed by atoms with Crippen molar-refractivity contribution in [2.45, 2.75) is 290 Å². The fourth-order valence-corrected chi connectivity index (χ4v) is 9.34. The van der Waals surface area contributed by atoms with Crippen LogP contribution in [0, 0.1) is 0 Å². The zero-order valence-corrected chi connectivity index (χ0v) is 50.8. The molecule has 0 aliphatic carbocycles. The van der Waals surface area contributed by atoms with Gasteiger partial charge in [0.15, 0.2) is 6.10 Å². The third kappa shape index (κ3) is 57.3. The highest BCUT2D eigenvalue weighted by Gasteiger charge is 2.28. The molecule has 0 heterocycles. The number of hydrogen-bond acceptors (Lipinski definition) is 10. The van der Waals surface area contributed by atoms with E-state index in [0.29, 0.717) is 19.3 Å². The van der Waals surface area contributed by atoms with Gasteiger partial charge in [-0.3, -0.25) is 23.4 Å². The number of aliphatic hydroxyl groups excluding tert-OH is 1. The molecule has 3 unspecified atom stereocenters. The molecule has 0 bridgehead atoms. The lowest BCUT2D eigenvalue weighted by Gasteiger charge is -2.21. The highest BCUT2D eigenvalue weighted by Crippen LogP contribution is 2.43. The topological polar surface area (TPSA) is 155 Å². The van der Waals surface area contributed by atoms with Crippen LogP contribution in [0.5, 0.6) is 0 Å². The van der Waals surface area contributed by atoms with E-state index in [-0.39, 0.29) is 25.9 Å². The molecule has 11 nitrogen and oxygen atoms in total. The molecule has 2 N–H and O–H groups in total. The van der Waals surface area contributed by atoms with Gasteiger partial charge in [-0.1, -0.05) is 234 Å². The van der Waals surface area contributed by atoms with E-state index in [0.717, 1.165) is 128 Å². The van der Waals surface area contributed by atoms with Gasteiger partial charge in [0, 0.05) is 19.3 Å². The normalized spacial score (nSPS) is 13.9. The van der Waals surface area contributed by atoms with Gasteiger partial charge in [-0.05, 0) is 109 Å². The minimum Gasteiger partial charge on any atom is -0.462 e. The summed E-state index contributed by atoms with van der Waals surface area (Å²) >= 11 is 0. The Morgan fingerprint density at radius 1 is 0.372 bits per heavy atom. The van der Waals surface area contributed by atoms with E-state index in [4.69, 9.17) is 23.3 Å². The maximum Gasteiger partial charge on any atom is 0.472 e. The van der Waals surface area contributed by atoms with Crippen LogP contribution in [0.25, 0.3) is 0 Å². The van der Waals surface area contributed by atoms with Gasteiger partial charge in [0.25, 0.3) is 0 Å². The van der Waals surface area contributed by atoms with Gasteiger partial charge in [-0.2, -0.15) is 0 Å². The summed E-state index contributed by atoms with van der Waals surface area (Å²) in [5.74, 6) is -1.49. The molecular formula is C66H115O11P. The molecule has 3 atom stereocenters. The zero-order chi connectivity index (χ0) is 56.9. The summed E-state index contributed by atoms with van der Waals surface area (Å²) in [7, 11) is -4.76. The summed E-state index contributed by atoms with van der Waals surface area (Å²) in [6.45, 7) is 4.42. The predicted octanol–water partition coefficient (Wildman–Crippen LogP) is 19.0. The number of rotatable bonds is 58. The summed E-state index contributed by atoms with van der Waals surface area (Å²) < 4.78 is 39.6. The first-order chi connectivity index (χ1) is 38.2. The van der Waals surface area contributed by atoms with Gasteiger partial charge in [-0.15, -0.1) is 0 Å². The molecule has 0 amide bonds. The smallest absolute Gasteiger partial charge is 0.462 e. The Morgan fingerprint density at radius 3 is 1.04 bits per heavy atom. The van der Waals surface area contributed by atoms with Crippen LogP contribution < -0.4 is 0 Å². The Hall–Kier alpha value is -3.34. The van der Waals surface area contributed by atoms with Gasteiger partial charge in [0.1, 0.15) is 12.7 Å². The lowest BCUT2D eigenvalue weighted by Crippen LogP contribution is -2.30. The van der Waals surface area contributed by atoms with E-state index in [2.05, 4.69) is 106 Å². The lowest BCUT2D eigenvalue weighted by molar-refractivity contribution is -0.161. The van der Waals surface area contributed by atoms with Crippen LogP contribution in [0.4, 0.5) is 0 Å². The number of unbranched alkanes of at least 4 members (excludes halogenated alkanes) is 27. The van der Waals surface area contributed by atoms with Crippen molar-refractivity contribution in [3.8, 4) is 0 Å². The highest BCUT2D eigenvalue weighted by atomic mass is 31.2. The van der Waals surface area contributed by atoms with Crippen molar-refractivity contribution in [1.29, 1.82) is 0 Å². The van der Waals surface area contributed by atoms with Gasteiger partial charge in [0.2, 0.25) is 0 Å². The predicted molar refractivity (Wildman–Crippen MR) is 325 cm³/mol. The van der Waals surface area contributed by atoms with Crippen LogP contribution >= 0.6 is 7.82 Å². The van der Waals surface area contributed by atoms with Gasteiger partial charge in [-0.25, -0.2) is 4.57 Å². The summed E-state index contributed by atoms with van der Waals surface area (Å²) in [5.41, 5.74) is 0. The second kappa shape index (κ2) is 59.8. The Balaban J connectivity index is 4.73. The number of aliphatic hydroxyl groups is 1. The van der Waals surface area contributed by atoms with Crippen LogP contribution in [-0.2, 0) is 42.2 Å². The van der Waals surface area contributed by atoms with Gasteiger partial charge < -0.3 is 24.2 Å². The van der Waals surface area contributed by atoms with Crippen LogP contribution in [0.15, 0.2) is 85.1 Å². The second-order valence-electron chi connectivity index (χ2n) is 20.8.